The second kappa shape index (κ2) is 6.78. The van der Waals surface area contributed by atoms with Gasteiger partial charge in [-0.3, -0.25) is 9.69 Å². The van der Waals surface area contributed by atoms with E-state index in [1.165, 1.54) is 0 Å². The first kappa shape index (κ1) is 14.9. The highest BCUT2D eigenvalue weighted by Gasteiger charge is 2.23. The number of amides is 1. The minimum absolute atomic E-state index is 0.0565. The van der Waals surface area contributed by atoms with Crippen LogP contribution in [0.3, 0.4) is 0 Å². The molecule has 1 fully saturated rings. The minimum Gasteiger partial charge on any atom is -0.324 e. The van der Waals surface area contributed by atoms with E-state index < -0.39 is 0 Å². The molecule has 2 rings (SSSR count). The number of benzene rings is 1. The molecule has 106 valence electrons. The Morgan fingerprint density at radius 3 is 2.70 bits per heavy atom. The van der Waals surface area contributed by atoms with Gasteiger partial charge in [-0.25, -0.2) is 0 Å². The summed E-state index contributed by atoms with van der Waals surface area (Å²) in [5, 5.41) is 12.9. The van der Waals surface area contributed by atoms with E-state index in [0.717, 1.165) is 13.1 Å². The average Bonchev–Trinajstić information content (AvgIpc) is 2.37. The van der Waals surface area contributed by atoms with Gasteiger partial charge in [0.2, 0.25) is 5.91 Å². The SMILES string of the molecule is CC1CN(CC(=O)Nc2ccccc2C#N)CC(C)S1. The van der Waals surface area contributed by atoms with Crippen molar-refractivity contribution >= 4 is 23.4 Å². The van der Waals surface area contributed by atoms with Crippen LogP contribution in [-0.4, -0.2) is 40.9 Å². The summed E-state index contributed by atoms with van der Waals surface area (Å²) in [7, 11) is 0. The number of rotatable bonds is 3. The van der Waals surface area contributed by atoms with Crippen molar-refractivity contribution in [3.63, 3.8) is 0 Å². The molecule has 2 atom stereocenters. The Hall–Kier alpha value is -1.51. The summed E-state index contributed by atoms with van der Waals surface area (Å²) in [5.74, 6) is -0.0565. The van der Waals surface area contributed by atoms with Crippen LogP contribution >= 0.6 is 11.8 Å². The lowest BCUT2D eigenvalue weighted by Crippen LogP contribution is -2.44. The predicted octanol–water partition coefficient (Wildman–Crippen LogP) is 2.32. The van der Waals surface area contributed by atoms with Crippen LogP contribution in [0.15, 0.2) is 24.3 Å². The van der Waals surface area contributed by atoms with E-state index in [-0.39, 0.29) is 5.91 Å². The molecule has 1 aliphatic rings. The summed E-state index contributed by atoms with van der Waals surface area (Å²) in [5.41, 5.74) is 1.09. The largest absolute Gasteiger partial charge is 0.324 e. The molecule has 1 amide bonds. The highest BCUT2D eigenvalue weighted by atomic mass is 32.2. The van der Waals surface area contributed by atoms with E-state index in [1.54, 1.807) is 18.2 Å². The second-order valence-electron chi connectivity index (χ2n) is 5.16. The van der Waals surface area contributed by atoms with Gasteiger partial charge in [-0.05, 0) is 12.1 Å². The summed E-state index contributed by atoms with van der Waals surface area (Å²) >= 11 is 1.97. The van der Waals surface area contributed by atoms with Gasteiger partial charge in [0, 0.05) is 23.6 Å². The summed E-state index contributed by atoms with van der Waals surface area (Å²) < 4.78 is 0. The Kier molecular flexibility index (Phi) is 5.05. The fourth-order valence-electron chi connectivity index (χ4n) is 2.50. The zero-order chi connectivity index (χ0) is 14.5. The normalized spacial score (nSPS) is 23.1. The third-order valence-corrected chi connectivity index (χ3v) is 4.41. The number of para-hydroxylation sites is 1. The van der Waals surface area contributed by atoms with Crippen LogP contribution in [0.5, 0.6) is 0 Å². The summed E-state index contributed by atoms with van der Waals surface area (Å²) in [6.07, 6.45) is 0. The zero-order valence-corrected chi connectivity index (χ0v) is 12.6. The highest BCUT2D eigenvalue weighted by Crippen LogP contribution is 2.24. The fourth-order valence-corrected chi connectivity index (χ4v) is 3.88. The van der Waals surface area contributed by atoms with Crippen molar-refractivity contribution in [2.45, 2.75) is 24.3 Å². The number of hydrogen-bond acceptors (Lipinski definition) is 4. The van der Waals surface area contributed by atoms with Gasteiger partial charge in [0.05, 0.1) is 17.8 Å². The topological polar surface area (TPSA) is 56.1 Å². The first-order valence-corrected chi connectivity index (χ1v) is 7.69. The molecule has 4 nitrogen and oxygen atoms in total. The maximum Gasteiger partial charge on any atom is 0.238 e. The van der Waals surface area contributed by atoms with Crippen LogP contribution in [0, 0.1) is 11.3 Å². The Balaban J connectivity index is 1.94. The van der Waals surface area contributed by atoms with Crippen LogP contribution in [0.4, 0.5) is 5.69 Å². The van der Waals surface area contributed by atoms with E-state index in [0.29, 0.717) is 28.3 Å². The molecule has 1 N–H and O–H groups in total. The summed E-state index contributed by atoms with van der Waals surface area (Å²) in [6, 6.07) is 9.16. The van der Waals surface area contributed by atoms with E-state index in [1.807, 2.05) is 17.8 Å². The fraction of sp³-hybridized carbons (Fsp3) is 0.467. The van der Waals surface area contributed by atoms with Gasteiger partial charge in [-0.2, -0.15) is 17.0 Å². The molecule has 1 aromatic rings. The summed E-state index contributed by atoms with van der Waals surface area (Å²) in [4.78, 5) is 14.3. The molecule has 1 saturated heterocycles. The molecule has 2 unspecified atom stereocenters. The average molecular weight is 289 g/mol. The van der Waals surface area contributed by atoms with E-state index in [2.05, 4.69) is 30.1 Å². The molecule has 0 saturated carbocycles. The highest BCUT2D eigenvalue weighted by molar-refractivity contribution is 8.00. The standard InChI is InChI=1S/C15H19N3OS/c1-11-8-18(9-12(2)20-11)10-15(19)17-14-6-4-3-5-13(14)7-16/h3-6,11-12H,8-10H2,1-2H3,(H,17,19). The van der Waals surface area contributed by atoms with Crippen molar-refractivity contribution in [2.24, 2.45) is 0 Å². The monoisotopic (exact) mass is 289 g/mol. The smallest absolute Gasteiger partial charge is 0.238 e. The van der Waals surface area contributed by atoms with Gasteiger partial charge in [0.15, 0.2) is 0 Å². The molecule has 0 aliphatic carbocycles. The lowest BCUT2D eigenvalue weighted by molar-refractivity contribution is -0.117. The van der Waals surface area contributed by atoms with Gasteiger partial charge in [0.1, 0.15) is 6.07 Å². The Bertz CT molecular complexity index is 516. The number of nitrogens with one attached hydrogen (secondary N) is 1. The minimum atomic E-state index is -0.0565. The van der Waals surface area contributed by atoms with Gasteiger partial charge in [-0.15, -0.1) is 0 Å². The zero-order valence-electron chi connectivity index (χ0n) is 11.8. The first-order valence-electron chi connectivity index (χ1n) is 6.75. The molecule has 5 heteroatoms. The maximum atomic E-state index is 12.1. The number of carbonyl (C=O) groups is 1. The third kappa shape index (κ3) is 3.99. The molecule has 0 aromatic heterocycles. The van der Waals surface area contributed by atoms with Gasteiger partial charge < -0.3 is 5.32 Å². The van der Waals surface area contributed by atoms with Crippen LogP contribution < -0.4 is 5.32 Å². The molecule has 1 aliphatic heterocycles. The van der Waals surface area contributed by atoms with Crippen molar-refractivity contribution in [2.75, 3.05) is 25.0 Å². The summed E-state index contributed by atoms with van der Waals surface area (Å²) in [6.45, 7) is 6.63. The van der Waals surface area contributed by atoms with Gasteiger partial charge in [0.25, 0.3) is 0 Å². The number of nitrogens with zero attached hydrogens (tertiary/aromatic N) is 2. The molecular formula is C15H19N3OS. The van der Waals surface area contributed by atoms with Crippen LogP contribution in [0.2, 0.25) is 0 Å². The first-order chi connectivity index (χ1) is 9.58. The van der Waals surface area contributed by atoms with Crippen LogP contribution in [0.25, 0.3) is 0 Å². The van der Waals surface area contributed by atoms with Crippen molar-refractivity contribution in [1.29, 1.82) is 5.26 Å². The van der Waals surface area contributed by atoms with E-state index in [4.69, 9.17) is 5.26 Å². The van der Waals surface area contributed by atoms with E-state index >= 15 is 0 Å². The lowest BCUT2D eigenvalue weighted by atomic mass is 10.2. The van der Waals surface area contributed by atoms with Crippen molar-refractivity contribution in [1.82, 2.24) is 4.90 Å². The molecular weight excluding hydrogens is 270 g/mol. The number of nitriles is 1. The quantitative estimate of drug-likeness (QED) is 0.928. The Labute approximate surface area is 124 Å². The molecule has 0 radical (unpaired) electrons. The second-order valence-corrected chi connectivity index (χ2v) is 7.04. The Morgan fingerprint density at radius 2 is 2.05 bits per heavy atom. The van der Waals surface area contributed by atoms with E-state index in [9.17, 15) is 4.79 Å². The molecule has 0 bridgehead atoms. The maximum absolute atomic E-state index is 12.1. The Morgan fingerprint density at radius 1 is 1.40 bits per heavy atom. The number of hydrogen-bond donors (Lipinski definition) is 1. The van der Waals surface area contributed by atoms with Crippen molar-refractivity contribution < 1.29 is 4.79 Å². The van der Waals surface area contributed by atoms with Crippen LogP contribution in [-0.2, 0) is 4.79 Å². The molecule has 20 heavy (non-hydrogen) atoms. The number of thioether (sulfide) groups is 1. The van der Waals surface area contributed by atoms with Crippen molar-refractivity contribution in [3.8, 4) is 6.07 Å². The van der Waals surface area contributed by atoms with Gasteiger partial charge in [-0.1, -0.05) is 26.0 Å². The number of anilines is 1. The molecule has 0 spiro atoms. The van der Waals surface area contributed by atoms with Gasteiger partial charge >= 0.3 is 0 Å². The predicted molar refractivity (Wildman–Crippen MR) is 82.7 cm³/mol. The van der Waals surface area contributed by atoms with Crippen molar-refractivity contribution in [3.05, 3.63) is 29.8 Å². The van der Waals surface area contributed by atoms with Crippen LogP contribution in [0.1, 0.15) is 19.4 Å². The number of carbonyl (C=O) groups excluding carboxylic acids is 1. The lowest BCUT2D eigenvalue weighted by Gasteiger charge is -2.34. The molecule has 1 heterocycles. The molecule has 1 aromatic carbocycles. The third-order valence-electron chi connectivity index (χ3n) is 3.18.